The van der Waals surface area contributed by atoms with Gasteiger partial charge in [0.1, 0.15) is 0 Å². The minimum Gasteiger partial charge on any atom is -0.313 e. The zero-order chi connectivity index (χ0) is 12.8. The Morgan fingerprint density at radius 1 is 0.944 bits per heavy atom. The van der Waals surface area contributed by atoms with Gasteiger partial charge in [-0.15, -0.1) is 0 Å². The van der Waals surface area contributed by atoms with E-state index < -0.39 is 0 Å². The Labute approximate surface area is 108 Å². The normalized spacial score (nSPS) is 10.3. The highest BCUT2D eigenvalue weighted by molar-refractivity contribution is 6.08. The fourth-order valence-corrected chi connectivity index (χ4v) is 1.80. The van der Waals surface area contributed by atoms with E-state index in [1.807, 2.05) is 54.6 Å². The van der Waals surface area contributed by atoms with Gasteiger partial charge >= 0.3 is 0 Å². The molecule has 0 atom stereocenters. The molecule has 0 aromatic heterocycles. The summed E-state index contributed by atoms with van der Waals surface area (Å²) in [5, 5.41) is 3.26. The number of ketones is 1. The van der Waals surface area contributed by atoms with Crippen molar-refractivity contribution in [1.82, 2.24) is 5.32 Å². The summed E-state index contributed by atoms with van der Waals surface area (Å²) >= 11 is 0. The fourth-order valence-electron chi connectivity index (χ4n) is 1.80. The van der Waals surface area contributed by atoms with Crippen LogP contribution in [0.3, 0.4) is 0 Å². The first-order valence-electron chi connectivity index (χ1n) is 6.20. The molecule has 0 radical (unpaired) electrons. The lowest BCUT2D eigenvalue weighted by Crippen LogP contribution is -2.11. The molecular formula is C16H17NO. The molecule has 0 amide bonds. The molecule has 0 aliphatic carbocycles. The van der Waals surface area contributed by atoms with Gasteiger partial charge in [-0.1, -0.05) is 61.5 Å². The summed E-state index contributed by atoms with van der Waals surface area (Å²) in [6.07, 6.45) is 0. The number of rotatable bonds is 5. The van der Waals surface area contributed by atoms with Crippen molar-refractivity contribution in [1.29, 1.82) is 0 Å². The first kappa shape index (κ1) is 12.5. The van der Waals surface area contributed by atoms with Gasteiger partial charge in [0, 0.05) is 17.7 Å². The summed E-state index contributed by atoms with van der Waals surface area (Å²) in [7, 11) is 0. The molecular weight excluding hydrogens is 222 g/mol. The number of carbonyl (C=O) groups excluding carboxylic acids is 1. The van der Waals surface area contributed by atoms with Crippen LogP contribution in [-0.4, -0.2) is 12.3 Å². The Kier molecular flexibility index (Phi) is 4.26. The van der Waals surface area contributed by atoms with Crippen molar-refractivity contribution in [2.45, 2.75) is 13.5 Å². The average molecular weight is 239 g/mol. The van der Waals surface area contributed by atoms with Crippen LogP contribution < -0.4 is 5.32 Å². The second-order valence-electron chi connectivity index (χ2n) is 4.17. The Hall–Kier alpha value is -1.93. The number of benzene rings is 2. The number of carbonyl (C=O) groups is 1. The van der Waals surface area contributed by atoms with Crippen LogP contribution in [0.5, 0.6) is 0 Å². The topological polar surface area (TPSA) is 29.1 Å². The first-order chi connectivity index (χ1) is 8.81. The molecule has 0 saturated carbocycles. The van der Waals surface area contributed by atoms with Crippen molar-refractivity contribution in [3.63, 3.8) is 0 Å². The molecule has 2 rings (SSSR count). The van der Waals surface area contributed by atoms with Crippen LogP contribution in [0.4, 0.5) is 0 Å². The minimum absolute atomic E-state index is 0.0746. The monoisotopic (exact) mass is 239 g/mol. The van der Waals surface area contributed by atoms with Crippen molar-refractivity contribution in [2.24, 2.45) is 0 Å². The lowest BCUT2D eigenvalue weighted by atomic mass is 10.0. The fraction of sp³-hybridized carbons (Fsp3) is 0.188. The van der Waals surface area contributed by atoms with E-state index in [1.165, 1.54) is 5.56 Å². The number of hydrogen-bond acceptors (Lipinski definition) is 2. The molecule has 2 aromatic rings. The number of nitrogens with one attached hydrogen (secondary N) is 1. The molecule has 1 N–H and O–H groups in total. The summed E-state index contributed by atoms with van der Waals surface area (Å²) < 4.78 is 0. The molecule has 0 spiro atoms. The maximum absolute atomic E-state index is 12.2. The van der Waals surface area contributed by atoms with Crippen LogP contribution in [0.2, 0.25) is 0 Å². The summed E-state index contributed by atoms with van der Waals surface area (Å²) in [6.45, 7) is 3.87. The predicted octanol–water partition coefficient (Wildman–Crippen LogP) is 3.03. The van der Waals surface area contributed by atoms with E-state index in [4.69, 9.17) is 0 Å². The number of hydrogen-bond donors (Lipinski definition) is 1. The van der Waals surface area contributed by atoms with Gasteiger partial charge in [0.25, 0.3) is 0 Å². The van der Waals surface area contributed by atoms with E-state index in [1.54, 1.807) is 0 Å². The van der Waals surface area contributed by atoms with Crippen molar-refractivity contribution < 1.29 is 4.79 Å². The van der Waals surface area contributed by atoms with E-state index in [0.717, 1.165) is 24.2 Å². The molecule has 0 bridgehead atoms. The van der Waals surface area contributed by atoms with Crippen LogP contribution in [0.25, 0.3) is 0 Å². The second kappa shape index (κ2) is 6.12. The molecule has 0 unspecified atom stereocenters. The lowest BCUT2D eigenvalue weighted by molar-refractivity contribution is 0.103. The minimum atomic E-state index is 0.0746. The molecule has 2 heteroatoms. The average Bonchev–Trinajstić information content (AvgIpc) is 2.46. The third-order valence-electron chi connectivity index (χ3n) is 2.83. The maximum atomic E-state index is 12.2. The van der Waals surface area contributed by atoms with Gasteiger partial charge in [-0.2, -0.15) is 0 Å². The van der Waals surface area contributed by atoms with E-state index in [0.29, 0.717) is 0 Å². The molecule has 0 saturated heterocycles. The molecule has 2 aromatic carbocycles. The van der Waals surface area contributed by atoms with Crippen LogP contribution in [0.1, 0.15) is 28.4 Å². The zero-order valence-corrected chi connectivity index (χ0v) is 10.5. The van der Waals surface area contributed by atoms with Gasteiger partial charge in [-0.05, 0) is 12.1 Å². The third kappa shape index (κ3) is 3.05. The Bertz CT molecular complexity index is 502. The van der Waals surface area contributed by atoms with Crippen molar-refractivity contribution >= 4 is 5.78 Å². The molecule has 0 aliphatic heterocycles. The van der Waals surface area contributed by atoms with E-state index >= 15 is 0 Å². The molecule has 18 heavy (non-hydrogen) atoms. The Morgan fingerprint density at radius 2 is 1.56 bits per heavy atom. The van der Waals surface area contributed by atoms with Gasteiger partial charge in [0.2, 0.25) is 0 Å². The molecule has 0 fully saturated rings. The van der Waals surface area contributed by atoms with E-state index in [9.17, 15) is 4.79 Å². The van der Waals surface area contributed by atoms with Gasteiger partial charge < -0.3 is 5.32 Å². The van der Waals surface area contributed by atoms with Crippen molar-refractivity contribution in [2.75, 3.05) is 6.54 Å². The third-order valence-corrected chi connectivity index (χ3v) is 2.83. The maximum Gasteiger partial charge on any atom is 0.193 e. The van der Waals surface area contributed by atoms with Crippen molar-refractivity contribution in [3.8, 4) is 0 Å². The summed E-state index contributed by atoms with van der Waals surface area (Å²) in [5.41, 5.74) is 2.67. The van der Waals surface area contributed by atoms with Gasteiger partial charge in [-0.3, -0.25) is 4.79 Å². The summed E-state index contributed by atoms with van der Waals surface area (Å²) in [6, 6.07) is 17.1. The molecule has 92 valence electrons. The van der Waals surface area contributed by atoms with Gasteiger partial charge in [0.15, 0.2) is 5.78 Å². The highest BCUT2D eigenvalue weighted by Crippen LogP contribution is 2.11. The lowest BCUT2D eigenvalue weighted by Gasteiger charge is -2.04. The SMILES string of the molecule is CCNCc1ccc(C(=O)c2ccccc2)cc1. The Balaban J connectivity index is 2.12. The van der Waals surface area contributed by atoms with Crippen LogP contribution in [-0.2, 0) is 6.54 Å². The summed E-state index contributed by atoms with van der Waals surface area (Å²) in [5.74, 6) is 0.0746. The Morgan fingerprint density at radius 3 is 2.17 bits per heavy atom. The van der Waals surface area contributed by atoms with Gasteiger partial charge in [0.05, 0.1) is 0 Å². The second-order valence-corrected chi connectivity index (χ2v) is 4.17. The van der Waals surface area contributed by atoms with Crippen LogP contribution in [0, 0.1) is 0 Å². The van der Waals surface area contributed by atoms with Gasteiger partial charge in [-0.25, -0.2) is 0 Å². The molecule has 2 nitrogen and oxygen atoms in total. The predicted molar refractivity (Wildman–Crippen MR) is 73.7 cm³/mol. The molecule has 0 heterocycles. The quantitative estimate of drug-likeness (QED) is 0.813. The smallest absolute Gasteiger partial charge is 0.193 e. The zero-order valence-electron chi connectivity index (χ0n) is 10.5. The first-order valence-corrected chi connectivity index (χ1v) is 6.20. The van der Waals surface area contributed by atoms with E-state index in [-0.39, 0.29) is 5.78 Å². The standard InChI is InChI=1S/C16H17NO/c1-2-17-12-13-8-10-15(11-9-13)16(18)14-6-4-3-5-7-14/h3-11,17H,2,12H2,1H3. The van der Waals surface area contributed by atoms with Crippen LogP contribution in [0.15, 0.2) is 54.6 Å². The van der Waals surface area contributed by atoms with E-state index in [2.05, 4.69) is 12.2 Å². The summed E-state index contributed by atoms with van der Waals surface area (Å²) in [4.78, 5) is 12.2. The highest BCUT2D eigenvalue weighted by atomic mass is 16.1. The molecule has 0 aliphatic rings. The largest absolute Gasteiger partial charge is 0.313 e. The van der Waals surface area contributed by atoms with Crippen LogP contribution >= 0.6 is 0 Å². The highest BCUT2D eigenvalue weighted by Gasteiger charge is 2.07. The van der Waals surface area contributed by atoms with Crippen molar-refractivity contribution in [3.05, 3.63) is 71.3 Å².